The van der Waals surface area contributed by atoms with Crippen molar-refractivity contribution in [2.24, 2.45) is 5.41 Å². The maximum Gasteiger partial charge on any atom is 0.211 e. The number of halogens is 1. The van der Waals surface area contributed by atoms with E-state index in [1.54, 1.807) is 0 Å². The molecule has 0 saturated heterocycles. The van der Waals surface area contributed by atoms with Crippen LogP contribution in [-0.4, -0.2) is 39.3 Å². The van der Waals surface area contributed by atoms with Crippen molar-refractivity contribution >= 4 is 26.0 Å². The largest absolute Gasteiger partial charge is 0.381 e. The highest BCUT2D eigenvalue weighted by Crippen LogP contribution is 2.18. The van der Waals surface area contributed by atoms with Crippen molar-refractivity contribution in [2.45, 2.75) is 33.6 Å². The molecule has 0 aromatic rings. The molecule has 0 fully saturated rings. The number of hydrogen-bond donors (Lipinski definition) is 1. The summed E-state index contributed by atoms with van der Waals surface area (Å²) < 4.78 is 31.0. The molecule has 0 radical (unpaired) electrons. The Labute approximate surface area is 114 Å². The lowest BCUT2D eigenvalue weighted by molar-refractivity contribution is 0.149. The zero-order valence-corrected chi connectivity index (χ0v) is 13.4. The van der Waals surface area contributed by atoms with E-state index < -0.39 is 10.0 Å². The predicted octanol–water partition coefficient (Wildman–Crippen LogP) is 2.14. The Bertz CT molecular complexity index is 286. The van der Waals surface area contributed by atoms with Gasteiger partial charge in [0.15, 0.2) is 0 Å². The number of hydrogen-bond acceptors (Lipinski definition) is 3. The minimum atomic E-state index is -3.12. The highest BCUT2D eigenvalue weighted by Gasteiger charge is 2.16. The van der Waals surface area contributed by atoms with Gasteiger partial charge in [0.2, 0.25) is 10.0 Å². The fourth-order valence-corrected chi connectivity index (χ4v) is 2.78. The Balaban J connectivity index is 3.65. The van der Waals surface area contributed by atoms with E-state index in [1.165, 1.54) is 0 Å². The fourth-order valence-electron chi connectivity index (χ4n) is 1.07. The zero-order chi connectivity index (χ0) is 13.4. The van der Waals surface area contributed by atoms with E-state index in [0.29, 0.717) is 32.6 Å². The van der Waals surface area contributed by atoms with Crippen LogP contribution in [0, 0.1) is 5.41 Å². The van der Waals surface area contributed by atoms with Gasteiger partial charge >= 0.3 is 0 Å². The SMILES string of the molecule is CC(C)(C)CCS(=O)(=O)NCCCOCCBr. The maximum atomic E-state index is 11.6. The summed E-state index contributed by atoms with van der Waals surface area (Å²) in [7, 11) is -3.12. The molecule has 0 spiro atoms. The Hall–Kier alpha value is 0.350. The lowest BCUT2D eigenvalue weighted by Crippen LogP contribution is -2.29. The number of rotatable bonds is 9. The predicted molar refractivity (Wildman–Crippen MR) is 75.1 cm³/mol. The average Bonchev–Trinajstić information content (AvgIpc) is 2.20. The molecule has 0 amide bonds. The Morgan fingerprint density at radius 3 is 2.41 bits per heavy atom. The van der Waals surface area contributed by atoms with Crippen LogP contribution in [0.1, 0.15) is 33.6 Å². The summed E-state index contributed by atoms with van der Waals surface area (Å²) in [6, 6.07) is 0. The molecule has 0 aromatic heterocycles. The molecule has 17 heavy (non-hydrogen) atoms. The van der Waals surface area contributed by atoms with Crippen molar-refractivity contribution in [1.29, 1.82) is 0 Å². The molecule has 0 saturated carbocycles. The molecule has 4 nitrogen and oxygen atoms in total. The summed E-state index contributed by atoms with van der Waals surface area (Å²) in [5.74, 6) is 0.193. The summed E-state index contributed by atoms with van der Waals surface area (Å²) in [6.45, 7) is 7.82. The van der Waals surface area contributed by atoms with Crippen molar-refractivity contribution in [3.05, 3.63) is 0 Å². The second-order valence-corrected chi connectivity index (χ2v) is 7.90. The van der Waals surface area contributed by atoms with Gasteiger partial charge in [0.1, 0.15) is 0 Å². The molecule has 0 aliphatic heterocycles. The van der Waals surface area contributed by atoms with E-state index in [-0.39, 0.29) is 11.2 Å². The van der Waals surface area contributed by atoms with Crippen molar-refractivity contribution in [3.63, 3.8) is 0 Å². The first-order valence-corrected chi connectivity index (χ1v) is 8.65. The second-order valence-electron chi connectivity index (χ2n) is 5.18. The number of sulfonamides is 1. The summed E-state index contributed by atoms with van der Waals surface area (Å²) >= 11 is 3.25. The van der Waals surface area contributed by atoms with Gasteiger partial charge in [0, 0.05) is 18.5 Å². The molecule has 0 unspecified atom stereocenters. The summed E-state index contributed by atoms with van der Waals surface area (Å²) in [5.41, 5.74) is 0.0493. The third-order valence-electron chi connectivity index (χ3n) is 2.13. The van der Waals surface area contributed by atoms with E-state index in [1.807, 2.05) is 20.8 Å². The van der Waals surface area contributed by atoms with Crippen LogP contribution in [0.4, 0.5) is 0 Å². The molecule has 0 rings (SSSR count). The van der Waals surface area contributed by atoms with E-state index in [2.05, 4.69) is 20.7 Å². The van der Waals surface area contributed by atoms with Gasteiger partial charge in [-0.25, -0.2) is 13.1 Å². The van der Waals surface area contributed by atoms with Crippen LogP contribution in [-0.2, 0) is 14.8 Å². The van der Waals surface area contributed by atoms with Crippen LogP contribution in [0.2, 0.25) is 0 Å². The highest BCUT2D eigenvalue weighted by molar-refractivity contribution is 9.09. The third-order valence-corrected chi connectivity index (χ3v) is 3.84. The van der Waals surface area contributed by atoms with Crippen LogP contribution in [0.15, 0.2) is 0 Å². The van der Waals surface area contributed by atoms with Crippen molar-refractivity contribution < 1.29 is 13.2 Å². The highest BCUT2D eigenvalue weighted by atomic mass is 79.9. The Kier molecular flexibility index (Phi) is 8.63. The normalized spacial score (nSPS) is 12.9. The molecule has 1 N–H and O–H groups in total. The smallest absolute Gasteiger partial charge is 0.211 e. The molecule has 6 heteroatoms. The van der Waals surface area contributed by atoms with Gasteiger partial charge in [-0.2, -0.15) is 0 Å². The average molecular weight is 330 g/mol. The van der Waals surface area contributed by atoms with Gasteiger partial charge in [0.05, 0.1) is 12.4 Å². The van der Waals surface area contributed by atoms with E-state index in [9.17, 15) is 8.42 Å². The monoisotopic (exact) mass is 329 g/mol. The summed E-state index contributed by atoms with van der Waals surface area (Å²) in [4.78, 5) is 0. The lowest BCUT2D eigenvalue weighted by atomic mass is 9.94. The van der Waals surface area contributed by atoms with Gasteiger partial charge in [-0.1, -0.05) is 36.7 Å². The van der Waals surface area contributed by atoms with Crippen LogP contribution < -0.4 is 4.72 Å². The topological polar surface area (TPSA) is 55.4 Å². The van der Waals surface area contributed by atoms with Gasteiger partial charge < -0.3 is 4.74 Å². The molecule has 0 bridgehead atoms. The summed E-state index contributed by atoms with van der Waals surface area (Å²) in [6.07, 6.45) is 1.38. The first-order chi connectivity index (χ1) is 7.77. The standard InChI is InChI=1S/C11H24BrNO3S/c1-11(2,3)5-10-17(14,15)13-7-4-8-16-9-6-12/h13H,4-10H2,1-3H3. The molecule has 0 heterocycles. The van der Waals surface area contributed by atoms with E-state index in [0.717, 1.165) is 5.33 Å². The van der Waals surface area contributed by atoms with Crippen LogP contribution in [0.25, 0.3) is 0 Å². The number of ether oxygens (including phenoxy) is 1. The van der Waals surface area contributed by atoms with Gasteiger partial charge in [-0.3, -0.25) is 0 Å². The van der Waals surface area contributed by atoms with Crippen molar-refractivity contribution in [1.82, 2.24) is 4.72 Å². The Morgan fingerprint density at radius 2 is 1.88 bits per heavy atom. The molecular formula is C11H24BrNO3S. The van der Waals surface area contributed by atoms with Crippen molar-refractivity contribution in [3.8, 4) is 0 Å². The minimum Gasteiger partial charge on any atom is -0.381 e. The van der Waals surface area contributed by atoms with Crippen LogP contribution in [0.3, 0.4) is 0 Å². The first kappa shape index (κ1) is 17.4. The van der Waals surface area contributed by atoms with Crippen LogP contribution in [0.5, 0.6) is 0 Å². The lowest BCUT2D eigenvalue weighted by Gasteiger charge is -2.17. The van der Waals surface area contributed by atoms with Crippen LogP contribution >= 0.6 is 15.9 Å². The minimum absolute atomic E-state index is 0.0493. The molecule has 0 aliphatic rings. The van der Waals surface area contributed by atoms with E-state index in [4.69, 9.17) is 4.74 Å². The van der Waals surface area contributed by atoms with Gasteiger partial charge in [-0.15, -0.1) is 0 Å². The molecule has 104 valence electrons. The number of nitrogens with one attached hydrogen (secondary N) is 1. The summed E-state index contributed by atoms with van der Waals surface area (Å²) in [5, 5.41) is 0.810. The second kappa shape index (κ2) is 8.45. The zero-order valence-electron chi connectivity index (χ0n) is 11.0. The van der Waals surface area contributed by atoms with Crippen molar-refractivity contribution in [2.75, 3.05) is 30.8 Å². The quantitative estimate of drug-likeness (QED) is 0.521. The van der Waals surface area contributed by atoms with Gasteiger partial charge in [-0.05, 0) is 18.3 Å². The van der Waals surface area contributed by atoms with E-state index >= 15 is 0 Å². The Morgan fingerprint density at radius 1 is 1.24 bits per heavy atom. The molecule has 0 atom stereocenters. The molecular weight excluding hydrogens is 306 g/mol. The maximum absolute atomic E-state index is 11.6. The molecule has 0 aromatic carbocycles. The van der Waals surface area contributed by atoms with Gasteiger partial charge in [0.25, 0.3) is 0 Å². The third kappa shape index (κ3) is 12.6. The molecule has 0 aliphatic carbocycles. The first-order valence-electron chi connectivity index (χ1n) is 5.88. The number of alkyl halides is 1. The fraction of sp³-hybridized carbons (Fsp3) is 1.00.